The summed E-state index contributed by atoms with van der Waals surface area (Å²) in [5, 5.41) is 9.68. The van der Waals surface area contributed by atoms with E-state index in [4.69, 9.17) is 0 Å². The molecule has 0 aromatic rings. The van der Waals surface area contributed by atoms with Gasteiger partial charge in [0.25, 0.3) is 0 Å². The van der Waals surface area contributed by atoms with Gasteiger partial charge >= 0.3 is 0 Å². The average molecular weight is 351 g/mol. The number of unbranched alkanes of at least 4 members (excludes halogenated alkanes) is 11. The standard InChI is InChI=1S/C22H42N2O/c1-3-4-5-6-7-8-9-10-11-12-13-14-15-16-17-18-22-23-19-20-24(22)21(2)25/h12-13,19,21-22,25H,3-11,14-18,20H2,1-2H3/b13-12+. The van der Waals surface area contributed by atoms with Crippen LogP contribution >= 0.6 is 0 Å². The van der Waals surface area contributed by atoms with Gasteiger partial charge in [-0.3, -0.25) is 9.89 Å². The number of allylic oxidation sites excluding steroid dienone is 2. The lowest BCUT2D eigenvalue weighted by Gasteiger charge is -2.25. The van der Waals surface area contributed by atoms with Crippen LogP contribution in [-0.4, -0.2) is 35.2 Å². The Hall–Kier alpha value is -0.670. The molecule has 3 heteroatoms. The van der Waals surface area contributed by atoms with Crippen molar-refractivity contribution in [3.05, 3.63) is 12.2 Å². The minimum absolute atomic E-state index is 0.206. The van der Waals surface area contributed by atoms with Gasteiger partial charge in [0.05, 0.1) is 0 Å². The minimum atomic E-state index is -0.383. The third-order valence-electron chi connectivity index (χ3n) is 5.16. The smallest absolute Gasteiger partial charge is 0.106 e. The molecule has 0 amide bonds. The molecule has 0 radical (unpaired) electrons. The molecule has 0 aliphatic carbocycles. The quantitative estimate of drug-likeness (QED) is 0.271. The molecule has 1 aliphatic rings. The molecule has 0 saturated carbocycles. The Morgan fingerprint density at radius 2 is 1.52 bits per heavy atom. The molecule has 2 unspecified atom stereocenters. The zero-order valence-electron chi connectivity index (χ0n) is 16.8. The van der Waals surface area contributed by atoms with E-state index in [1.165, 1.54) is 83.5 Å². The molecule has 146 valence electrons. The van der Waals surface area contributed by atoms with Gasteiger partial charge in [0, 0.05) is 12.8 Å². The lowest BCUT2D eigenvalue weighted by atomic mass is 10.1. The number of hydrogen-bond acceptors (Lipinski definition) is 3. The molecule has 0 spiro atoms. The van der Waals surface area contributed by atoms with Gasteiger partial charge in [-0.1, -0.05) is 70.4 Å². The monoisotopic (exact) mass is 350 g/mol. The van der Waals surface area contributed by atoms with Gasteiger partial charge in [0.2, 0.25) is 0 Å². The predicted octanol–water partition coefficient (Wildman–Crippen LogP) is 6.07. The van der Waals surface area contributed by atoms with Gasteiger partial charge in [0.1, 0.15) is 12.4 Å². The second kappa shape index (κ2) is 15.6. The molecule has 3 nitrogen and oxygen atoms in total. The molecule has 0 aromatic carbocycles. The van der Waals surface area contributed by atoms with Crippen LogP contribution in [0.25, 0.3) is 0 Å². The molecule has 1 aliphatic heterocycles. The molecule has 25 heavy (non-hydrogen) atoms. The Balaban J connectivity index is 1.83. The zero-order chi connectivity index (χ0) is 18.2. The second-order valence-corrected chi connectivity index (χ2v) is 7.51. The summed E-state index contributed by atoms with van der Waals surface area (Å²) < 4.78 is 0. The summed E-state index contributed by atoms with van der Waals surface area (Å²) in [4.78, 5) is 6.53. The van der Waals surface area contributed by atoms with Crippen LogP contribution in [0.15, 0.2) is 17.1 Å². The number of aliphatic imine (C=N–C) groups is 1. The van der Waals surface area contributed by atoms with Crippen molar-refractivity contribution in [3.8, 4) is 0 Å². The number of aliphatic hydroxyl groups is 1. The summed E-state index contributed by atoms with van der Waals surface area (Å²) in [7, 11) is 0. The van der Waals surface area contributed by atoms with E-state index < -0.39 is 0 Å². The van der Waals surface area contributed by atoms with Crippen LogP contribution in [0.1, 0.15) is 104 Å². The molecular formula is C22H42N2O. The van der Waals surface area contributed by atoms with Crippen LogP contribution < -0.4 is 0 Å². The van der Waals surface area contributed by atoms with Crippen LogP contribution in [0.4, 0.5) is 0 Å². The maximum atomic E-state index is 9.68. The summed E-state index contributed by atoms with van der Waals surface area (Å²) in [6.07, 6.45) is 25.0. The summed E-state index contributed by atoms with van der Waals surface area (Å²) in [5.41, 5.74) is 0. The molecule has 1 rings (SSSR count). The Morgan fingerprint density at radius 3 is 2.12 bits per heavy atom. The SMILES string of the molecule is CCCCCCCCCC/C=C/CCCCCC1N=CCN1C(C)O. The van der Waals surface area contributed by atoms with Crippen molar-refractivity contribution >= 4 is 6.21 Å². The third kappa shape index (κ3) is 11.5. The average Bonchev–Trinajstić information content (AvgIpc) is 3.07. The highest BCUT2D eigenvalue weighted by molar-refractivity contribution is 5.62. The zero-order valence-corrected chi connectivity index (χ0v) is 16.8. The van der Waals surface area contributed by atoms with Crippen molar-refractivity contribution in [1.82, 2.24) is 4.90 Å². The molecule has 0 fully saturated rings. The topological polar surface area (TPSA) is 35.8 Å². The van der Waals surface area contributed by atoms with Crippen molar-refractivity contribution in [2.45, 2.75) is 116 Å². The number of hydrogen-bond donors (Lipinski definition) is 1. The fourth-order valence-electron chi connectivity index (χ4n) is 3.51. The summed E-state index contributed by atoms with van der Waals surface area (Å²) in [5.74, 6) is 0. The van der Waals surface area contributed by atoms with Gasteiger partial charge < -0.3 is 5.11 Å². The van der Waals surface area contributed by atoms with Gasteiger partial charge in [-0.05, 0) is 45.4 Å². The first kappa shape index (κ1) is 22.4. The normalized spacial score (nSPS) is 19.2. The highest BCUT2D eigenvalue weighted by atomic mass is 16.3. The minimum Gasteiger partial charge on any atom is -0.379 e. The Bertz CT molecular complexity index is 352. The van der Waals surface area contributed by atoms with Crippen molar-refractivity contribution in [2.24, 2.45) is 4.99 Å². The van der Waals surface area contributed by atoms with Crippen molar-refractivity contribution < 1.29 is 5.11 Å². The molecular weight excluding hydrogens is 308 g/mol. The lowest BCUT2D eigenvalue weighted by Crippen LogP contribution is -2.37. The Labute approximate surface area is 156 Å². The lowest BCUT2D eigenvalue weighted by molar-refractivity contribution is 0.00711. The van der Waals surface area contributed by atoms with E-state index >= 15 is 0 Å². The van der Waals surface area contributed by atoms with Crippen LogP contribution in [0.5, 0.6) is 0 Å². The van der Waals surface area contributed by atoms with Crippen molar-refractivity contribution in [2.75, 3.05) is 6.54 Å². The fraction of sp³-hybridized carbons (Fsp3) is 0.864. The molecule has 0 saturated heterocycles. The summed E-state index contributed by atoms with van der Waals surface area (Å²) in [6.45, 7) is 4.91. The van der Waals surface area contributed by atoms with E-state index in [-0.39, 0.29) is 12.4 Å². The number of rotatable bonds is 16. The highest BCUT2D eigenvalue weighted by Crippen LogP contribution is 2.17. The van der Waals surface area contributed by atoms with Gasteiger partial charge in [-0.25, -0.2) is 0 Å². The first-order chi connectivity index (χ1) is 12.3. The van der Waals surface area contributed by atoms with Crippen molar-refractivity contribution in [1.29, 1.82) is 0 Å². The van der Waals surface area contributed by atoms with Gasteiger partial charge in [-0.2, -0.15) is 0 Å². The summed E-state index contributed by atoms with van der Waals surface area (Å²) in [6, 6.07) is 0. The van der Waals surface area contributed by atoms with E-state index in [2.05, 4.69) is 29.0 Å². The predicted molar refractivity (Wildman–Crippen MR) is 110 cm³/mol. The van der Waals surface area contributed by atoms with E-state index in [1.54, 1.807) is 0 Å². The second-order valence-electron chi connectivity index (χ2n) is 7.51. The molecule has 0 bridgehead atoms. The Kier molecular flexibility index (Phi) is 13.9. The van der Waals surface area contributed by atoms with Crippen molar-refractivity contribution in [3.63, 3.8) is 0 Å². The molecule has 1 heterocycles. The van der Waals surface area contributed by atoms with Crippen LogP contribution in [0.3, 0.4) is 0 Å². The van der Waals surface area contributed by atoms with E-state index in [9.17, 15) is 5.11 Å². The molecule has 2 atom stereocenters. The van der Waals surface area contributed by atoms with E-state index in [0.29, 0.717) is 0 Å². The third-order valence-corrected chi connectivity index (χ3v) is 5.16. The van der Waals surface area contributed by atoms with Gasteiger partial charge in [0.15, 0.2) is 0 Å². The first-order valence-corrected chi connectivity index (χ1v) is 10.9. The fourth-order valence-corrected chi connectivity index (χ4v) is 3.51. The highest BCUT2D eigenvalue weighted by Gasteiger charge is 2.23. The maximum Gasteiger partial charge on any atom is 0.106 e. The van der Waals surface area contributed by atoms with Crippen LogP contribution in [0, 0.1) is 0 Å². The van der Waals surface area contributed by atoms with Crippen LogP contribution in [-0.2, 0) is 0 Å². The Morgan fingerprint density at radius 1 is 0.960 bits per heavy atom. The number of aliphatic hydroxyl groups excluding tert-OH is 1. The largest absolute Gasteiger partial charge is 0.379 e. The summed E-state index contributed by atoms with van der Waals surface area (Å²) >= 11 is 0. The number of nitrogens with zero attached hydrogens (tertiary/aromatic N) is 2. The van der Waals surface area contributed by atoms with Crippen LogP contribution in [0.2, 0.25) is 0 Å². The molecule has 0 aromatic heterocycles. The van der Waals surface area contributed by atoms with E-state index in [0.717, 1.165) is 13.0 Å². The van der Waals surface area contributed by atoms with E-state index in [1.807, 2.05) is 13.1 Å². The molecule has 1 N–H and O–H groups in total. The first-order valence-electron chi connectivity index (χ1n) is 10.9. The maximum absolute atomic E-state index is 9.68. The van der Waals surface area contributed by atoms with Gasteiger partial charge in [-0.15, -0.1) is 0 Å².